The summed E-state index contributed by atoms with van der Waals surface area (Å²) in [5, 5.41) is 5.02. The van der Waals surface area contributed by atoms with E-state index in [1.807, 2.05) is 48.5 Å². The summed E-state index contributed by atoms with van der Waals surface area (Å²) in [5.41, 5.74) is 2.54. The van der Waals surface area contributed by atoms with Crippen LogP contribution < -0.4 is 5.56 Å². The molecule has 6 nitrogen and oxygen atoms in total. The number of aryl methyl sites for hydroxylation is 2. The Kier molecular flexibility index (Phi) is 4.77. The van der Waals surface area contributed by atoms with E-state index in [1.54, 1.807) is 11.5 Å². The Morgan fingerprint density at radius 3 is 2.63 bits per heavy atom. The van der Waals surface area contributed by atoms with Gasteiger partial charge in [0.15, 0.2) is 11.0 Å². The SMILES string of the molecule is CCc1ccccc1-n1c(SCc2nc(C)no2)nc2ccccc2c1=O. The molecular weight excluding hydrogens is 360 g/mol. The summed E-state index contributed by atoms with van der Waals surface area (Å²) in [4.78, 5) is 22.3. The van der Waals surface area contributed by atoms with Crippen LogP contribution in [0.15, 0.2) is 63.0 Å². The Morgan fingerprint density at radius 2 is 1.85 bits per heavy atom. The van der Waals surface area contributed by atoms with E-state index in [4.69, 9.17) is 9.51 Å². The number of nitrogens with zero attached hydrogens (tertiary/aromatic N) is 4. The van der Waals surface area contributed by atoms with E-state index in [0.29, 0.717) is 33.5 Å². The molecule has 0 atom stereocenters. The maximum Gasteiger partial charge on any atom is 0.266 e. The number of thioether (sulfide) groups is 1. The summed E-state index contributed by atoms with van der Waals surface area (Å²) in [5.74, 6) is 1.54. The molecule has 0 saturated carbocycles. The van der Waals surface area contributed by atoms with Gasteiger partial charge in [-0.3, -0.25) is 9.36 Å². The lowest BCUT2D eigenvalue weighted by molar-refractivity contribution is 0.387. The fraction of sp³-hybridized carbons (Fsp3) is 0.200. The summed E-state index contributed by atoms with van der Waals surface area (Å²) in [6.45, 7) is 3.85. The van der Waals surface area contributed by atoms with Crippen molar-refractivity contribution in [2.75, 3.05) is 0 Å². The van der Waals surface area contributed by atoms with Crippen molar-refractivity contribution in [3.63, 3.8) is 0 Å². The van der Waals surface area contributed by atoms with Gasteiger partial charge in [-0.05, 0) is 37.1 Å². The largest absolute Gasteiger partial charge is 0.338 e. The smallest absolute Gasteiger partial charge is 0.266 e. The zero-order chi connectivity index (χ0) is 18.8. The summed E-state index contributed by atoms with van der Waals surface area (Å²) in [7, 11) is 0. The Bertz CT molecular complexity index is 1170. The molecule has 0 N–H and O–H groups in total. The first-order valence-corrected chi connectivity index (χ1v) is 9.68. The van der Waals surface area contributed by atoms with E-state index in [1.165, 1.54) is 11.8 Å². The zero-order valence-electron chi connectivity index (χ0n) is 15.0. The van der Waals surface area contributed by atoms with Gasteiger partial charge in [-0.1, -0.05) is 54.2 Å². The van der Waals surface area contributed by atoms with Crippen molar-refractivity contribution in [3.05, 3.63) is 76.2 Å². The van der Waals surface area contributed by atoms with Gasteiger partial charge in [-0.25, -0.2) is 4.98 Å². The molecule has 0 bridgehead atoms. The number of rotatable bonds is 5. The maximum absolute atomic E-state index is 13.3. The molecule has 0 radical (unpaired) electrons. The monoisotopic (exact) mass is 378 g/mol. The Balaban J connectivity index is 1.89. The van der Waals surface area contributed by atoms with Gasteiger partial charge in [0.1, 0.15) is 0 Å². The second-order valence-electron chi connectivity index (χ2n) is 6.06. The number of hydrogen-bond donors (Lipinski definition) is 0. The zero-order valence-corrected chi connectivity index (χ0v) is 15.9. The van der Waals surface area contributed by atoms with Crippen molar-refractivity contribution < 1.29 is 4.52 Å². The highest BCUT2D eigenvalue weighted by Gasteiger charge is 2.16. The molecule has 4 rings (SSSR count). The third-order valence-corrected chi connectivity index (χ3v) is 5.18. The van der Waals surface area contributed by atoms with Crippen LogP contribution in [0.4, 0.5) is 0 Å². The van der Waals surface area contributed by atoms with Gasteiger partial charge in [0, 0.05) is 0 Å². The summed E-state index contributed by atoms with van der Waals surface area (Å²) in [6.07, 6.45) is 0.822. The van der Waals surface area contributed by atoms with Crippen LogP contribution in [-0.2, 0) is 12.2 Å². The Morgan fingerprint density at radius 1 is 1.07 bits per heavy atom. The lowest BCUT2D eigenvalue weighted by atomic mass is 10.1. The fourth-order valence-electron chi connectivity index (χ4n) is 2.97. The van der Waals surface area contributed by atoms with Crippen LogP contribution >= 0.6 is 11.8 Å². The standard InChI is InChI=1S/C20H18N4O2S/c1-3-14-8-4-7-11-17(14)24-19(25)15-9-5-6-10-16(15)22-20(24)27-12-18-21-13(2)23-26-18/h4-11H,3,12H2,1-2H3. The quantitative estimate of drug-likeness (QED) is 0.387. The average Bonchev–Trinajstić information content (AvgIpc) is 3.12. The van der Waals surface area contributed by atoms with Crippen LogP contribution in [0.3, 0.4) is 0 Å². The van der Waals surface area contributed by atoms with Crippen molar-refractivity contribution in [3.8, 4) is 5.69 Å². The first-order valence-electron chi connectivity index (χ1n) is 8.69. The van der Waals surface area contributed by atoms with Gasteiger partial charge in [0.05, 0.1) is 22.3 Å². The van der Waals surface area contributed by atoms with Crippen molar-refractivity contribution >= 4 is 22.7 Å². The van der Waals surface area contributed by atoms with E-state index >= 15 is 0 Å². The Hall–Kier alpha value is -2.93. The number of aromatic nitrogens is 4. The molecule has 27 heavy (non-hydrogen) atoms. The number of para-hydroxylation sites is 2. The molecular formula is C20H18N4O2S. The van der Waals surface area contributed by atoms with Gasteiger partial charge in [0.2, 0.25) is 5.89 Å². The van der Waals surface area contributed by atoms with Gasteiger partial charge in [-0.15, -0.1) is 0 Å². The van der Waals surface area contributed by atoms with Gasteiger partial charge in [-0.2, -0.15) is 4.98 Å². The molecule has 0 amide bonds. The molecule has 0 aliphatic heterocycles. The summed E-state index contributed by atoms with van der Waals surface area (Å²) in [6, 6.07) is 15.3. The maximum atomic E-state index is 13.3. The minimum atomic E-state index is -0.0780. The average molecular weight is 378 g/mol. The molecule has 0 unspecified atom stereocenters. The van der Waals surface area contributed by atoms with Crippen LogP contribution in [0.25, 0.3) is 16.6 Å². The minimum Gasteiger partial charge on any atom is -0.338 e. The molecule has 2 aromatic heterocycles. The van der Waals surface area contributed by atoms with Crippen LogP contribution in [-0.4, -0.2) is 19.7 Å². The van der Waals surface area contributed by atoms with E-state index in [9.17, 15) is 4.79 Å². The van der Waals surface area contributed by atoms with Gasteiger partial charge >= 0.3 is 0 Å². The minimum absolute atomic E-state index is 0.0780. The number of fused-ring (bicyclic) bond motifs is 1. The highest BCUT2D eigenvalue weighted by atomic mass is 32.2. The fourth-order valence-corrected chi connectivity index (χ4v) is 3.82. The predicted octanol–water partition coefficient (Wildman–Crippen LogP) is 3.93. The van der Waals surface area contributed by atoms with E-state index < -0.39 is 0 Å². The van der Waals surface area contributed by atoms with Gasteiger partial charge in [0.25, 0.3) is 5.56 Å². The predicted molar refractivity (Wildman–Crippen MR) is 105 cm³/mol. The third-order valence-electron chi connectivity index (χ3n) is 4.25. The first kappa shape index (κ1) is 17.5. The first-order chi connectivity index (χ1) is 13.2. The second-order valence-corrected chi connectivity index (χ2v) is 7.00. The molecule has 2 aromatic carbocycles. The molecule has 4 aromatic rings. The van der Waals surface area contributed by atoms with Crippen LogP contribution in [0.5, 0.6) is 0 Å². The molecule has 7 heteroatoms. The molecule has 136 valence electrons. The van der Waals surface area contributed by atoms with Crippen molar-refractivity contribution in [1.29, 1.82) is 0 Å². The molecule has 0 spiro atoms. The number of hydrogen-bond acceptors (Lipinski definition) is 6. The second kappa shape index (κ2) is 7.36. The molecule has 0 saturated heterocycles. The summed E-state index contributed by atoms with van der Waals surface area (Å²) < 4.78 is 6.89. The summed E-state index contributed by atoms with van der Waals surface area (Å²) >= 11 is 1.41. The van der Waals surface area contributed by atoms with Crippen molar-refractivity contribution in [1.82, 2.24) is 19.7 Å². The van der Waals surface area contributed by atoms with E-state index in [0.717, 1.165) is 17.7 Å². The van der Waals surface area contributed by atoms with Crippen molar-refractivity contribution in [2.45, 2.75) is 31.2 Å². The molecule has 0 aliphatic carbocycles. The molecule has 0 aliphatic rings. The molecule has 0 fully saturated rings. The van der Waals surface area contributed by atoms with E-state index in [-0.39, 0.29) is 5.56 Å². The third kappa shape index (κ3) is 3.38. The lowest BCUT2D eigenvalue weighted by Crippen LogP contribution is -2.22. The van der Waals surface area contributed by atoms with Gasteiger partial charge < -0.3 is 4.52 Å². The normalized spacial score (nSPS) is 11.2. The lowest BCUT2D eigenvalue weighted by Gasteiger charge is -2.15. The van der Waals surface area contributed by atoms with Crippen LogP contribution in [0, 0.1) is 6.92 Å². The highest BCUT2D eigenvalue weighted by molar-refractivity contribution is 7.98. The topological polar surface area (TPSA) is 73.8 Å². The van der Waals surface area contributed by atoms with Crippen molar-refractivity contribution in [2.24, 2.45) is 0 Å². The molecule has 2 heterocycles. The van der Waals surface area contributed by atoms with Crippen LogP contribution in [0.1, 0.15) is 24.2 Å². The Labute approximate surface area is 160 Å². The number of benzene rings is 2. The highest BCUT2D eigenvalue weighted by Crippen LogP contribution is 2.25. The van der Waals surface area contributed by atoms with Crippen LogP contribution in [0.2, 0.25) is 0 Å². The van der Waals surface area contributed by atoms with E-state index in [2.05, 4.69) is 17.1 Å².